The first-order chi connectivity index (χ1) is 13.1. The number of nitrogens with one attached hydrogen (secondary N) is 2. The Hall–Kier alpha value is -3.38. The Labute approximate surface area is 156 Å². The molecule has 0 saturated heterocycles. The second-order valence-corrected chi connectivity index (χ2v) is 6.62. The molecule has 0 bridgehead atoms. The highest BCUT2D eigenvalue weighted by Gasteiger charge is 2.13. The number of hydrogen-bond donors (Lipinski definition) is 3. The van der Waals surface area contributed by atoms with E-state index in [4.69, 9.17) is 0 Å². The second kappa shape index (κ2) is 6.74. The van der Waals surface area contributed by atoms with Crippen LogP contribution < -0.4 is 16.4 Å². The Morgan fingerprint density at radius 2 is 1.85 bits per heavy atom. The highest BCUT2D eigenvalue weighted by atomic mass is 16.5. The van der Waals surface area contributed by atoms with Crippen LogP contribution in [0.5, 0.6) is 0 Å². The number of anilines is 2. The molecule has 6 nitrogen and oxygen atoms in total. The molecule has 1 atom stereocenters. The number of hydrogen-bond acceptors (Lipinski definition) is 5. The number of aromatic nitrogens is 2. The number of fused-ring (bicyclic) bond motifs is 2. The third kappa shape index (κ3) is 3.11. The number of rotatable bonds is 4. The summed E-state index contributed by atoms with van der Waals surface area (Å²) in [6, 6.07) is 16.9. The highest BCUT2D eigenvalue weighted by Crippen LogP contribution is 2.28. The quantitative estimate of drug-likeness (QED) is 0.478. The minimum absolute atomic E-state index is 0.101. The number of benzene rings is 2. The molecule has 2 aromatic heterocycles. The Morgan fingerprint density at radius 3 is 2.63 bits per heavy atom. The zero-order valence-electron chi connectivity index (χ0n) is 15.1. The third-order valence-electron chi connectivity index (χ3n) is 4.84. The second-order valence-electron chi connectivity index (χ2n) is 6.62. The maximum Gasteiger partial charge on any atom is 0.252 e. The van der Waals surface area contributed by atoms with E-state index < -0.39 is 0 Å². The average Bonchev–Trinajstić information content (AvgIpc) is 2.71. The Kier molecular flexibility index (Phi) is 4.25. The van der Waals surface area contributed by atoms with E-state index in [2.05, 4.69) is 27.9 Å². The summed E-state index contributed by atoms with van der Waals surface area (Å²) in [7, 11) is 1.73. The van der Waals surface area contributed by atoms with E-state index in [1.54, 1.807) is 35.9 Å². The molecule has 0 aliphatic carbocycles. The molecule has 0 aliphatic rings. The van der Waals surface area contributed by atoms with Gasteiger partial charge >= 0.3 is 0 Å². The van der Waals surface area contributed by atoms with E-state index in [-0.39, 0.29) is 11.6 Å². The van der Waals surface area contributed by atoms with Crippen LogP contribution in [0.15, 0.2) is 65.6 Å². The van der Waals surface area contributed by atoms with Crippen molar-refractivity contribution in [3.8, 4) is 0 Å². The molecule has 0 amide bonds. The molecule has 2 aromatic carbocycles. The minimum Gasteiger partial charge on any atom is -0.376 e. The summed E-state index contributed by atoms with van der Waals surface area (Å²) < 4.78 is 1.58. The lowest BCUT2D eigenvalue weighted by Gasteiger charge is -2.18. The molecule has 0 fully saturated rings. The van der Waals surface area contributed by atoms with Crippen LogP contribution >= 0.6 is 0 Å². The molecule has 6 heteroatoms. The molecule has 136 valence electrons. The summed E-state index contributed by atoms with van der Waals surface area (Å²) in [4.78, 5) is 16.9. The van der Waals surface area contributed by atoms with Crippen molar-refractivity contribution in [1.82, 2.24) is 9.55 Å². The van der Waals surface area contributed by atoms with Crippen molar-refractivity contribution in [3.05, 3.63) is 76.8 Å². The zero-order chi connectivity index (χ0) is 19.0. The van der Waals surface area contributed by atoms with Crippen molar-refractivity contribution in [2.24, 2.45) is 7.05 Å². The summed E-state index contributed by atoms with van der Waals surface area (Å²) in [5.74, 6) is 0. The molecule has 4 rings (SSSR count). The van der Waals surface area contributed by atoms with E-state index in [9.17, 15) is 10.0 Å². The van der Waals surface area contributed by atoms with E-state index in [0.717, 1.165) is 27.4 Å². The topological polar surface area (TPSA) is 79.2 Å². The van der Waals surface area contributed by atoms with Gasteiger partial charge in [-0.1, -0.05) is 24.3 Å². The van der Waals surface area contributed by atoms with E-state index >= 15 is 0 Å². The van der Waals surface area contributed by atoms with Gasteiger partial charge in [-0.25, -0.2) is 0 Å². The van der Waals surface area contributed by atoms with Crippen molar-refractivity contribution in [2.45, 2.75) is 13.0 Å². The molecule has 4 aromatic rings. The predicted molar refractivity (Wildman–Crippen MR) is 108 cm³/mol. The van der Waals surface area contributed by atoms with Gasteiger partial charge in [0, 0.05) is 35.8 Å². The van der Waals surface area contributed by atoms with Gasteiger partial charge in [0.15, 0.2) is 0 Å². The largest absolute Gasteiger partial charge is 0.376 e. The first-order valence-electron chi connectivity index (χ1n) is 8.72. The van der Waals surface area contributed by atoms with E-state index in [0.29, 0.717) is 11.4 Å². The maximum atomic E-state index is 12.3. The van der Waals surface area contributed by atoms with Crippen molar-refractivity contribution in [2.75, 3.05) is 10.8 Å². The Morgan fingerprint density at radius 1 is 1.07 bits per heavy atom. The Bertz CT molecular complexity index is 1200. The fourth-order valence-corrected chi connectivity index (χ4v) is 3.29. The van der Waals surface area contributed by atoms with Crippen molar-refractivity contribution >= 4 is 33.1 Å². The molecular weight excluding hydrogens is 340 g/mol. The van der Waals surface area contributed by atoms with Crippen LogP contribution in [0, 0.1) is 0 Å². The smallest absolute Gasteiger partial charge is 0.252 e. The van der Waals surface area contributed by atoms with Crippen LogP contribution in [-0.2, 0) is 7.05 Å². The summed E-state index contributed by atoms with van der Waals surface area (Å²) in [5, 5.41) is 15.7. The van der Waals surface area contributed by atoms with Crippen LogP contribution in [0.4, 0.5) is 11.4 Å². The molecule has 1 unspecified atom stereocenters. The van der Waals surface area contributed by atoms with E-state index in [1.165, 1.54) is 0 Å². The van der Waals surface area contributed by atoms with Crippen molar-refractivity contribution in [3.63, 3.8) is 0 Å². The van der Waals surface area contributed by atoms with Crippen LogP contribution in [0.3, 0.4) is 0 Å². The Balaban J connectivity index is 1.77. The van der Waals surface area contributed by atoms with Gasteiger partial charge in [0.25, 0.3) is 5.56 Å². The van der Waals surface area contributed by atoms with Crippen LogP contribution in [0.25, 0.3) is 21.7 Å². The third-order valence-corrected chi connectivity index (χ3v) is 4.84. The summed E-state index contributed by atoms with van der Waals surface area (Å²) >= 11 is 0. The fourth-order valence-electron chi connectivity index (χ4n) is 3.29. The van der Waals surface area contributed by atoms with Gasteiger partial charge in [-0.3, -0.25) is 20.5 Å². The van der Waals surface area contributed by atoms with Gasteiger partial charge < -0.3 is 9.88 Å². The normalized spacial score (nSPS) is 12.3. The monoisotopic (exact) mass is 360 g/mol. The van der Waals surface area contributed by atoms with Gasteiger partial charge in [0.05, 0.1) is 22.9 Å². The van der Waals surface area contributed by atoms with Gasteiger partial charge in [0.1, 0.15) is 0 Å². The van der Waals surface area contributed by atoms with Gasteiger partial charge in [-0.15, -0.1) is 0 Å². The van der Waals surface area contributed by atoms with Crippen molar-refractivity contribution < 1.29 is 5.21 Å². The molecule has 0 radical (unpaired) electrons. The van der Waals surface area contributed by atoms with Gasteiger partial charge in [0.2, 0.25) is 0 Å². The average molecular weight is 360 g/mol. The number of nitrogens with zero attached hydrogens (tertiary/aromatic N) is 2. The molecule has 0 spiro atoms. The first-order valence-corrected chi connectivity index (χ1v) is 8.72. The molecule has 0 aliphatic heterocycles. The molecule has 27 heavy (non-hydrogen) atoms. The SMILES string of the molecule is CC(Nc1cc(=O)n(C)c2ccc(NO)cc12)c1cc2ccccc2cn1. The van der Waals surface area contributed by atoms with Crippen molar-refractivity contribution in [1.29, 1.82) is 0 Å². The lowest BCUT2D eigenvalue weighted by atomic mass is 10.1. The maximum absolute atomic E-state index is 12.3. The van der Waals surface area contributed by atoms with E-state index in [1.807, 2.05) is 31.3 Å². The molecule has 0 saturated carbocycles. The predicted octanol–water partition coefficient (Wildman–Crippen LogP) is 4.06. The zero-order valence-corrected chi connectivity index (χ0v) is 15.1. The molecule has 2 heterocycles. The fraction of sp³-hybridized carbons (Fsp3) is 0.143. The molecular formula is C21H20N4O2. The number of pyridine rings is 2. The highest BCUT2D eigenvalue weighted by molar-refractivity contribution is 5.94. The minimum atomic E-state index is -0.103. The van der Waals surface area contributed by atoms with Gasteiger partial charge in [-0.2, -0.15) is 0 Å². The van der Waals surface area contributed by atoms with Crippen LogP contribution in [-0.4, -0.2) is 14.8 Å². The first kappa shape index (κ1) is 17.1. The molecule has 3 N–H and O–H groups in total. The lowest BCUT2D eigenvalue weighted by molar-refractivity contribution is 0.389. The summed E-state index contributed by atoms with van der Waals surface area (Å²) in [5.41, 5.74) is 4.98. The number of aryl methyl sites for hydroxylation is 1. The standard InChI is InChI=1S/C21H20N4O2/c1-13(18-9-14-5-3-4-6-15(14)12-22-18)23-19-11-21(26)25(2)20-8-7-16(24-27)10-17(19)20/h3-13,23-24,27H,1-2H3. The van der Waals surface area contributed by atoms with Crippen LogP contribution in [0.1, 0.15) is 18.7 Å². The summed E-state index contributed by atoms with van der Waals surface area (Å²) in [6.07, 6.45) is 1.86. The lowest BCUT2D eigenvalue weighted by Crippen LogP contribution is -2.18. The van der Waals surface area contributed by atoms with Crippen LogP contribution in [0.2, 0.25) is 0 Å². The summed E-state index contributed by atoms with van der Waals surface area (Å²) in [6.45, 7) is 2.01. The van der Waals surface area contributed by atoms with Gasteiger partial charge in [-0.05, 0) is 36.6 Å².